The summed E-state index contributed by atoms with van der Waals surface area (Å²) in [7, 11) is 0. The first kappa shape index (κ1) is 8.20. The topological polar surface area (TPSA) is 12.9 Å². The van der Waals surface area contributed by atoms with E-state index in [1.807, 2.05) is 24.3 Å². The molecule has 0 aliphatic heterocycles. The molecule has 0 aliphatic rings. The maximum absolute atomic E-state index is 4.26. The third kappa shape index (κ3) is 1.27. The molecule has 0 atom stereocenters. The van der Waals surface area contributed by atoms with E-state index in [1.54, 1.807) is 6.20 Å². The molecule has 1 heterocycles. The fourth-order valence-electron chi connectivity index (χ4n) is 1.10. The number of rotatable bonds is 0. The van der Waals surface area contributed by atoms with Gasteiger partial charge in [0.15, 0.2) is 0 Å². The van der Waals surface area contributed by atoms with Crippen molar-refractivity contribution in [2.24, 2.45) is 0 Å². The van der Waals surface area contributed by atoms with Gasteiger partial charge in [0.2, 0.25) is 0 Å². The van der Waals surface area contributed by atoms with Crippen molar-refractivity contribution in [2.75, 3.05) is 0 Å². The van der Waals surface area contributed by atoms with Gasteiger partial charge in [-0.25, -0.2) is 0 Å². The second-order valence-corrected chi connectivity index (χ2v) is 4.14. The summed E-state index contributed by atoms with van der Waals surface area (Å²) in [6.07, 6.45) is 1.79. The van der Waals surface area contributed by atoms with Gasteiger partial charge in [-0.2, -0.15) is 0 Å². The third-order valence-electron chi connectivity index (χ3n) is 1.67. The van der Waals surface area contributed by atoms with Crippen molar-refractivity contribution in [2.45, 2.75) is 0 Å². The molecule has 0 saturated heterocycles. The van der Waals surface area contributed by atoms with Crippen LogP contribution in [0.3, 0.4) is 0 Å². The van der Waals surface area contributed by atoms with Crippen LogP contribution in [0.4, 0.5) is 0 Å². The Balaban J connectivity index is 2.95. The molecule has 0 N–H and O–H groups in total. The average Bonchev–Trinajstić information content (AvgIpc) is 2.12. The lowest BCUT2D eigenvalue weighted by atomic mass is 10.2. The summed E-state index contributed by atoms with van der Waals surface area (Å²) in [5.41, 5.74) is 0.992. The van der Waals surface area contributed by atoms with Gasteiger partial charge < -0.3 is 0 Å². The van der Waals surface area contributed by atoms with Crippen LogP contribution in [0.15, 0.2) is 39.4 Å². The predicted octanol–water partition coefficient (Wildman–Crippen LogP) is 3.76. The summed E-state index contributed by atoms with van der Waals surface area (Å²) in [6.45, 7) is 0. The zero-order chi connectivity index (χ0) is 8.55. The van der Waals surface area contributed by atoms with Gasteiger partial charge in [-0.15, -0.1) is 0 Å². The fourth-order valence-corrected chi connectivity index (χ4v) is 2.00. The SMILES string of the molecule is Brc1ccc(Br)c2ncccc12. The highest BCUT2D eigenvalue weighted by Gasteiger charge is 2.01. The van der Waals surface area contributed by atoms with Crippen LogP contribution >= 0.6 is 31.9 Å². The van der Waals surface area contributed by atoms with Crippen LogP contribution in [0.5, 0.6) is 0 Å². The molecular weight excluding hydrogens is 282 g/mol. The molecule has 0 unspecified atom stereocenters. The Kier molecular flexibility index (Phi) is 2.15. The van der Waals surface area contributed by atoms with E-state index in [2.05, 4.69) is 36.8 Å². The van der Waals surface area contributed by atoms with E-state index < -0.39 is 0 Å². The van der Waals surface area contributed by atoms with Crippen LogP contribution in [0, 0.1) is 0 Å². The Hall–Kier alpha value is -0.410. The molecule has 2 rings (SSSR count). The van der Waals surface area contributed by atoms with Crippen LogP contribution in [0.2, 0.25) is 0 Å². The summed E-state index contributed by atoms with van der Waals surface area (Å²) in [4.78, 5) is 4.26. The highest BCUT2D eigenvalue weighted by Crippen LogP contribution is 2.27. The number of aromatic nitrogens is 1. The minimum Gasteiger partial charge on any atom is -0.255 e. The standard InChI is InChI=1S/C9H5Br2N/c10-7-3-4-8(11)9-6(7)2-1-5-12-9/h1-5H. The molecule has 1 nitrogen and oxygen atoms in total. The summed E-state index contributed by atoms with van der Waals surface area (Å²) >= 11 is 6.92. The monoisotopic (exact) mass is 285 g/mol. The summed E-state index contributed by atoms with van der Waals surface area (Å²) in [5.74, 6) is 0. The van der Waals surface area contributed by atoms with Crippen molar-refractivity contribution in [3.05, 3.63) is 39.4 Å². The third-order valence-corrected chi connectivity index (χ3v) is 3.00. The van der Waals surface area contributed by atoms with Crippen LogP contribution < -0.4 is 0 Å². The summed E-state index contributed by atoms with van der Waals surface area (Å²) in [5, 5.41) is 1.13. The van der Waals surface area contributed by atoms with Crippen LogP contribution in [-0.2, 0) is 0 Å². The zero-order valence-corrected chi connectivity index (χ0v) is 9.26. The molecule has 2 aromatic rings. The molecule has 0 amide bonds. The minimum atomic E-state index is 0.992. The number of pyridine rings is 1. The van der Waals surface area contributed by atoms with Gasteiger partial charge in [0.25, 0.3) is 0 Å². The molecule has 1 aromatic heterocycles. The zero-order valence-electron chi connectivity index (χ0n) is 6.09. The van der Waals surface area contributed by atoms with Gasteiger partial charge in [0, 0.05) is 20.5 Å². The minimum absolute atomic E-state index is 0.992. The van der Waals surface area contributed by atoms with E-state index in [0.717, 1.165) is 19.8 Å². The number of nitrogens with zero attached hydrogens (tertiary/aromatic N) is 1. The molecule has 0 spiro atoms. The molecule has 0 saturated carbocycles. The quantitative estimate of drug-likeness (QED) is 0.719. The molecule has 1 aromatic carbocycles. The van der Waals surface area contributed by atoms with E-state index in [-0.39, 0.29) is 0 Å². The lowest BCUT2D eigenvalue weighted by Gasteiger charge is -2.00. The van der Waals surface area contributed by atoms with Crippen molar-refractivity contribution in [3.8, 4) is 0 Å². The van der Waals surface area contributed by atoms with E-state index in [1.165, 1.54) is 0 Å². The van der Waals surface area contributed by atoms with Crippen molar-refractivity contribution in [1.29, 1.82) is 0 Å². The second-order valence-electron chi connectivity index (χ2n) is 2.43. The summed E-state index contributed by atoms with van der Waals surface area (Å²) in [6, 6.07) is 7.96. The average molecular weight is 287 g/mol. The number of hydrogen-bond donors (Lipinski definition) is 0. The van der Waals surface area contributed by atoms with Gasteiger partial charge in [0.1, 0.15) is 0 Å². The van der Waals surface area contributed by atoms with Gasteiger partial charge in [0.05, 0.1) is 5.52 Å². The van der Waals surface area contributed by atoms with E-state index in [4.69, 9.17) is 0 Å². The van der Waals surface area contributed by atoms with Gasteiger partial charge in [-0.3, -0.25) is 4.98 Å². The Labute approximate surface area is 87.1 Å². The van der Waals surface area contributed by atoms with Crippen molar-refractivity contribution in [1.82, 2.24) is 4.98 Å². The highest BCUT2D eigenvalue weighted by atomic mass is 79.9. The van der Waals surface area contributed by atoms with Crippen molar-refractivity contribution >= 4 is 42.8 Å². The Morgan fingerprint density at radius 3 is 2.50 bits per heavy atom. The first-order valence-corrected chi connectivity index (χ1v) is 5.06. The van der Waals surface area contributed by atoms with E-state index in [0.29, 0.717) is 0 Å². The number of hydrogen-bond acceptors (Lipinski definition) is 1. The Morgan fingerprint density at radius 1 is 1.00 bits per heavy atom. The number of fused-ring (bicyclic) bond motifs is 1. The van der Waals surface area contributed by atoms with Crippen LogP contribution in [0.1, 0.15) is 0 Å². The fraction of sp³-hybridized carbons (Fsp3) is 0. The molecule has 12 heavy (non-hydrogen) atoms. The Morgan fingerprint density at radius 2 is 1.75 bits per heavy atom. The van der Waals surface area contributed by atoms with Crippen molar-refractivity contribution < 1.29 is 0 Å². The number of benzene rings is 1. The molecule has 60 valence electrons. The normalized spacial score (nSPS) is 10.5. The molecule has 0 aliphatic carbocycles. The maximum Gasteiger partial charge on any atom is 0.0855 e. The maximum atomic E-state index is 4.26. The second kappa shape index (κ2) is 3.15. The largest absolute Gasteiger partial charge is 0.255 e. The first-order chi connectivity index (χ1) is 5.79. The van der Waals surface area contributed by atoms with Crippen LogP contribution in [0.25, 0.3) is 10.9 Å². The van der Waals surface area contributed by atoms with Gasteiger partial charge in [-0.05, 0) is 34.1 Å². The van der Waals surface area contributed by atoms with E-state index >= 15 is 0 Å². The lowest BCUT2D eigenvalue weighted by Crippen LogP contribution is -1.79. The first-order valence-electron chi connectivity index (χ1n) is 3.48. The molecule has 0 bridgehead atoms. The molecular formula is C9H5Br2N. The van der Waals surface area contributed by atoms with Gasteiger partial charge in [-0.1, -0.05) is 22.0 Å². The van der Waals surface area contributed by atoms with Gasteiger partial charge >= 0.3 is 0 Å². The number of halogens is 2. The van der Waals surface area contributed by atoms with Crippen LogP contribution in [-0.4, -0.2) is 4.98 Å². The predicted molar refractivity (Wildman–Crippen MR) is 57.1 cm³/mol. The highest BCUT2D eigenvalue weighted by molar-refractivity contribution is 9.11. The summed E-state index contributed by atoms with van der Waals surface area (Å²) < 4.78 is 2.11. The Bertz CT molecular complexity index is 385. The molecule has 3 heteroatoms. The van der Waals surface area contributed by atoms with E-state index in [9.17, 15) is 0 Å². The molecule has 0 fully saturated rings. The van der Waals surface area contributed by atoms with Crippen molar-refractivity contribution in [3.63, 3.8) is 0 Å². The molecule has 0 radical (unpaired) electrons. The lowest BCUT2D eigenvalue weighted by molar-refractivity contribution is 1.40. The smallest absolute Gasteiger partial charge is 0.0855 e.